The number of thiophene rings is 1. The van der Waals surface area contributed by atoms with Crippen LogP contribution in [0.2, 0.25) is 0 Å². The fourth-order valence-corrected chi connectivity index (χ4v) is 10.6. The summed E-state index contributed by atoms with van der Waals surface area (Å²) in [5, 5.41) is 5.06. The molecule has 11 aromatic rings. The predicted octanol–water partition coefficient (Wildman–Crippen LogP) is 16.5. The Hall–Kier alpha value is -7.20. The molecule has 0 amide bonds. The number of benzene rings is 9. The van der Waals surface area contributed by atoms with Gasteiger partial charge in [0.1, 0.15) is 0 Å². The molecule has 0 bridgehead atoms. The standard InChI is InChI=1S/C57H42N2S/c1-37-36-54(39(3)35-48(37)41-20-8-5-9-21-41)58(49-32-30-42(34-38(49)2)40-18-6-4-7-19-40)53-33-31-46(57-56(53)47-25-13-17-29-55(47)60-57)45-24-12-16-28-52(45)59-50-26-14-10-22-43(50)44-23-11-15-27-51(44)59/h4-36H,1-3H3. The summed E-state index contributed by atoms with van der Waals surface area (Å²) in [5.74, 6) is 0. The number of anilines is 3. The molecule has 0 aliphatic rings. The number of hydrogen-bond donors (Lipinski definition) is 0. The minimum absolute atomic E-state index is 1.17. The van der Waals surface area contributed by atoms with Crippen LogP contribution in [0.5, 0.6) is 0 Å². The Bertz CT molecular complexity index is 3360. The Balaban J connectivity index is 1.18. The van der Waals surface area contributed by atoms with Crippen LogP contribution >= 0.6 is 11.3 Å². The highest BCUT2D eigenvalue weighted by Crippen LogP contribution is 2.51. The molecular formula is C57H42N2S. The van der Waals surface area contributed by atoms with Crippen molar-refractivity contribution in [3.8, 4) is 39.1 Å². The normalized spacial score (nSPS) is 11.6. The molecule has 0 aliphatic carbocycles. The van der Waals surface area contributed by atoms with Crippen molar-refractivity contribution in [3.63, 3.8) is 0 Å². The van der Waals surface area contributed by atoms with E-state index in [0.29, 0.717) is 0 Å². The molecule has 0 spiro atoms. The molecule has 0 N–H and O–H groups in total. The van der Waals surface area contributed by atoms with Crippen molar-refractivity contribution in [2.45, 2.75) is 20.8 Å². The van der Waals surface area contributed by atoms with Gasteiger partial charge in [-0.1, -0.05) is 146 Å². The molecule has 0 radical (unpaired) electrons. The zero-order valence-corrected chi connectivity index (χ0v) is 34.7. The Labute approximate surface area is 354 Å². The summed E-state index contributed by atoms with van der Waals surface area (Å²) in [6.45, 7) is 6.77. The van der Waals surface area contributed by atoms with E-state index in [4.69, 9.17) is 0 Å². The third-order valence-electron chi connectivity index (χ3n) is 12.2. The van der Waals surface area contributed by atoms with Gasteiger partial charge in [-0.25, -0.2) is 0 Å². The first-order valence-corrected chi connectivity index (χ1v) is 21.5. The Morgan fingerprint density at radius 2 is 0.967 bits per heavy atom. The Morgan fingerprint density at radius 1 is 0.383 bits per heavy atom. The molecule has 2 aromatic heterocycles. The third kappa shape index (κ3) is 5.85. The summed E-state index contributed by atoms with van der Waals surface area (Å²) in [4.78, 5) is 2.53. The largest absolute Gasteiger partial charge is 0.309 e. The number of hydrogen-bond acceptors (Lipinski definition) is 2. The maximum atomic E-state index is 2.53. The maximum Gasteiger partial charge on any atom is 0.0555 e. The quantitative estimate of drug-likeness (QED) is 0.156. The van der Waals surface area contributed by atoms with Gasteiger partial charge in [-0.2, -0.15) is 0 Å². The van der Waals surface area contributed by atoms with Crippen molar-refractivity contribution < 1.29 is 0 Å². The highest BCUT2D eigenvalue weighted by atomic mass is 32.1. The van der Waals surface area contributed by atoms with Crippen molar-refractivity contribution in [2.24, 2.45) is 0 Å². The first-order chi connectivity index (χ1) is 29.5. The van der Waals surface area contributed by atoms with E-state index in [0.717, 1.165) is 0 Å². The van der Waals surface area contributed by atoms with E-state index in [1.165, 1.54) is 115 Å². The summed E-state index contributed by atoms with van der Waals surface area (Å²) in [7, 11) is 0. The lowest BCUT2D eigenvalue weighted by atomic mass is 9.94. The summed E-state index contributed by atoms with van der Waals surface area (Å²) in [6.07, 6.45) is 0. The van der Waals surface area contributed by atoms with Crippen molar-refractivity contribution in [1.82, 2.24) is 4.57 Å². The number of nitrogens with zero attached hydrogens (tertiary/aromatic N) is 2. The van der Waals surface area contributed by atoms with E-state index in [1.807, 2.05) is 11.3 Å². The average Bonchev–Trinajstić information content (AvgIpc) is 3.85. The molecule has 60 heavy (non-hydrogen) atoms. The molecule has 2 heterocycles. The number of aryl methyl sites for hydroxylation is 3. The molecule has 11 rings (SSSR count). The molecule has 9 aromatic carbocycles. The van der Waals surface area contributed by atoms with Gasteiger partial charge >= 0.3 is 0 Å². The fourth-order valence-electron chi connectivity index (χ4n) is 9.36. The molecule has 3 heteroatoms. The van der Waals surface area contributed by atoms with E-state index in [-0.39, 0.29) is 0 Å². The van der Waals surface area contributed by atoms with Crippen molar-refractivity contribution in [1.29, 1.82) is 0 Å². The monoisotopic (exact) mass is 786 g/mol. The van der Waals surface area contributed by atoms with Gasteiger partial charge in [0, 0.05) is 53.4 Å². The van der Waals surface area contributed by atoms with Crippen LogP contribution < -0.4 is 4.90 Å². The number of fused-ring (bicyclic) bond motifs is 6. The zero-order chi connectivity index (χ0) is 40.3. The second-order valence-electron chi connectivity index (χ2n) is 15.8. The highest BCUT2D eigenvalue weighted by Gasteiger charge is 2.25. The van der Waals surface area contributed by atoms with Gasteiger partial charge in [-0.15, -0.1) is 11.3 Å². The van der Waals surface area contributed by atoms with Crippen LogP contribution in [0.3, 0.4) is 0 Å². The smallest absolute Gasteiger partial charge is 0.0555 e. The van der Waals surface area contributed by atoms with Crippen LogP contribution in [0.15, 0.2) is 200 Å². The molecule has 2 nitrogen and oxygen atoms in total. The molecule has 286 valence electrons. The summed E-state index contributed by atoms with van der Waals surface area (Å²) in [6, 6.07) is 73.4. The van der Waals surface area contributed by atoms with E-state index in [2.05, 4.69) is 230 Å². The molecule has 0 aliphatic heterocycles. The van der Waals surface area contributed by atoms with Crippen LogP contribution in [0, 0.1) is 20.8 Å². The minimum Gasteiger partial charge on any atom is -0.309 e. The van der Waals surface area contributed by atoms with Gasteiger partial charge in [0.2, 0.25) is 0 Å². The van der Waals surface area contributed by atoms with E-state index in [9.17, 15) is 0 Å². The maximum absolute atomic E-state index is 2.53. The van der Waals surface area contributed by atoms with Gasteiger partial charge in [0.15, 0.2) is 0 Å². The zero-order valence-electron chi connectivity index (χ0n) is 33.9. The number of rotatable bonds is 7. The molecule has 0 saturated heterocycles. The van der Waals surface area contributed by atoms with Gasteiger partial charge in [0.05, 0.1) is 22.4 Å². The lowest BCUT2D eigenvalue weighted by Gasteiger charge is -2.31. The highest BCUT2D eigenvalue weighted by molar-refractivity contribution is 7.26. The summed E-state index contributed by atoms with van der Waals surface area (Å²) in [5.41, 5.74) is 18.2. The molecule has 0 unspecified atom stereocenters. The van der Waals surface area contributed by atoms with Gasteiger partial charge in [0.25, 0.3) is 0 Å². The second kappa shape index (κ2) is 14.6. The van der Waals surface area contributed by atoms with Crippen molar-refractivity contribution in [3.05, 3.63) is 217 Å². The Morgan fingerprint density at radius 3 is 1.68 bits per heavy atom. The second-order valence-corrected chi connectivity index (χ2v) is 16.9. The lowest BCUT2D eigenvalue weighted by molar-refractivity contribution is 1.18. The summed E-state index contributed by atoms with van der Waals surface area (Å²) >= 11 is 1.89. The van der Waals surface area contributed by atoms with Crippen LogP contribution in [-0.2, 0) is 0 Å². The molecule has 0 atom stereocenters. The van der Waals surface area contributed by atoms with E-state index >= 15 is 0 Å². The van der Waals surface area contributed by atoms with Gasteiger partial charge < -0.3 is 9.47 Å². The Kier molecular flexibility index (Phi) is 8.72. The topological polar surface area (TPSA) is 8.17 Å². The van der Waals surface area contributed by atoms with E-state index in [1.54, 1.807) is 0 Å². The molecule has 0 saturated carbocycles. The predicted molar refractivity (Wildman–Crippen MR) is 259 cm³/mol. The van der Waals surface area contributed by atoms with Gasteiger partial charge in [-0.05, 0) is 114 Å². The first-order valence-electron chi connectivity index (χ1n) is 20.7. The molecular weight excluding hydrogens is 745 g/mol. The average molecular weight is 787 g/mol. The van der Waals surface area contributed by atoms with Crippen molar-refractivity contribution >= 4 is 70.4 Å². The minimum atomic E-state index is 1.17. The fraction of sp³-hybridized carbons (Fsp3) is 0.0526. The number of para-hydroxylation sites is 3. The number of aromatic nitrogens is 1. The summed E-state index contributed by atoms with van der Waals surface area (Å²) < 4.78 is 5.01. The lowest BCUT2D eigenvalue weighted by Crippen LogP contribution is -2.14. The third-order valence-corrected chi connectivity index (χ3v) is 13.4. The van der Waals surface area contributed by atoms with Crippen LogP contribution in [0.4, 0.5) is 17.1 Å². The van der Waals surface area contributed by atoms with Crippen molar-refractivity contribution in [2.75, 3.05) is 4.90 Å². The van der Waals surface area contributed by atoms with Crippen LogP contribution in [-0.4, -0.2) is 4.57 Å². The SMILES string of the molecule is Cc1cc(N(c2ccc(-c3ccccc3)cc2C)c2ccc(-c3ccccc3-n3c4ccccc4c4ccccc43)c3sc4ccccc4c23)c(C)cc1-c1ccccc1. The van der Waals surface area contributed by atoms with Gasteiger partial charge in [-0.3, -0.25) is 0 Å². The van der Waals surface area contributed by atoms with Crippen LogP contribution in [0.1, 0.15) is 16.7 Å². The molecule has 0 fully saturated rings. The van der Waals surface area contributed by atoms with E-state index < -0.39 is 0 Å². The first kappa shape index (κ1) is 35.9. The van der Waals surface area contributed by atoms with Crippen LogP contribution in [0.25, 0.3) is 81.0 Å².